The van der Waals surface area contributed by atoms with Crippen molar-refractivity contribution in [2.75, 3.05) is 12.4 Å². The van der Waals surface area contributed by atoms with Gasteiger partial charge in [-0.25, -0.2) is 4.39 Å². The summed E-state index contributed by atoms with van der Waals surface area (Å²) < 4.78 is 13.6. The number of benzene rings is 2. The molecule has 2 N–H and O–H groups in total. The molecule has 4 heteroatoms. The predicted molar refractivity (Wildman–Crippen MR) is 83.0 cm³/mol. The van der Waals surface area contributed by atoms with Crippen LogP contribution in [0.5, 0.6) is 0 Å². The third-order valence-corrected chi connectivity index (χ3v) is 3.48. The normalized spacial score (nSPS) is 11.8. The first-order chi connectivity index (χ1) is 10.0. The molecule has 1 unspecified atom stereocenters. The predicted octanol–water partition coefficient (Wildman–Crippen LogP) is 3.67. The van der Waals surface area contributed by atoms with E-state index in [1.807, 2.05) is 32.2 Å². The molecule has 0 aliphatic heterocycles. The van der Waals surface area contributed by atoms with Gasteiger partial charge in [0.15, 0.2) is 0 Å². The number of hydrogen-bond acceptors (Lipinski definition) is 2. The molecule has 0 aliphatic rings. The standard InChI is InChI=1S/C17H19FN2O/c1-11-4-5-14(10-16(11)18)12(2)20-17(21)13-6-8-15(19-3)9-7-13/h4-10,12,19H,1-3H3,(H,20,21). The van der Waals surface area contributed by atoms with E-state index in [9.17, 15) is 9.18 Å². The van der Waals surface area contributed by atoms with Crippen LogP contribution in [0.3, 0.4) is 0 Å². The van der Waals surface area contributed by atoms with E-state index >= 15 is 0 Å². The minimum atomic E-state index is -0.257. The van der Waals surface area contributed by atoms with Gasteiger partial charge in [0, 0.05) is 18.3 Å². The molecule has 0 radical (unpaired) electrons. The van der Waals surface area contributed by atoms with E-state index in [-0.39, 0.29) is 17.8 Å². The molecular formula is C17H19FN2O. The first-order valence-electron chi connectivity index (χ1n) is 6.86. The maximum Gasteiger partial charge on any atom is 0.251 e. The van der Waals surface area contributed by atoms with E-state index in [0.29, 0.717) is 11.1 Å². The average Bonchev–Trinajstić information content (AvgIpc) is 2.50. The van der Waals surface area contributed by atoms with E-state index in [1.165, 1.54) is 6.07 Å². The van der Waals surface area contributed by atoms with Crippen molar-refractivity contribution >= 4 is 11.6 Å². The second kappa shape index (κ2) is 6.39. The van der Waals surface area contributed by atoms with Gasteiger partial charge in [0.2, 0.25) is 0 Å². The van der Waals surface area contributed by atoms with Crippen molar-refractivity contribution in [3.05, 3.63) is 65.0 Å². The Morgan fingerprint density at radius 3 is 2.38 bits per heavy atom. The van der Waals surface area contributed by atoms with E-state index in [1.54, 1.807) is 25.1 Å². The number of nitrogens with one attached hydrogen (secondary N) is 2. The van der Waals surface area contributed by atoms with Crippen molar-refractivity contribution in [1.82, 2.24) is 5.32 Å². The zero-order valence-electron chi connectivity index (χ0n) is 12.4. The van der Waals surface area contributed by atoms with Crippen molar-refractivity contribution < 1.29 is 9.18 Å². The van der Waals surface area contributed by atoms with E-state index in [0.717, 1.165) is 11.3 Å². The van der Waals surface area contributed by atoms with E-state index < -0.39 is 0 Å². The number of carbonyl (C=O) groups is 1. The quantitative estimate of drug-likeness (QED) is 0.900. The summed E-state index contributed by atoms with van der Waals surface area (Å²) in [6.45, 7) is 3.55. The number of aryl methyl sites for hydroxylation is 1. The molecule has 1 atom stereocenters. The summed E-state index contributed by atoms with van der Waals surface area (Å²) in [6.07, 6.45) is 0. The molecule has 0 saturated heterocycles. The summed E-state index contributed by atoms with van der Waals surface area (Å²) in [6, 6.07) is 11.9. The van der Waals surface area contributed by atoms with Crippen LogP contribution in [0, 0.1) is 12.7 Å². The van der Waals surface area contributed by atoms with Crippen LogP contribution in [0.1, 0.15) is 34.5 Å². The molecule has 2 aromatic rings. The zero-order chi connectivity index (χ0) is 15.4. The summed E-state index contributed by atoms with van der Waals surface area (Å²) in [7, 11) is 1.82. The molecule has 0 aromatic heterocycles. The average molecular weight is 286 g/mol. The van der Waals surface area contributed by atoms with Crippen molar-refractivity contribution in [2.24, 2.45) is 0 Å². The highest BCUT2D eigenvalue weighted by Crippen LogP contribution is 2.17. The lowest BCUT2D eigenvalue weighted by atomic mass is 10.1. The molecule has 3 nitrogen and oxygen atoms in total. The first-order valence-corrected chi connectivity index (χ1v) is 6.86. The van der Waals surface area contributed by atoms with Crippen LogP contribution in [0.4, 0.5) is 10.1 Å². The first kappa shape index (κ1) is 15.0. The fraction of sp³-hybridized carbons (Fsp3) is 0.235. The van der Waals surface area contributed by atoms with Crippen LogP contribution >= 0.6 is 0 Å². The van der Waals surface area contributed by atoms with Crippen molar-refractivity contribution in [2.45, 2.75) is 19.9 Å². The van der Waals surface area contributed by atoms with Gasteiger partial charge in [0.05, 0.1) is 6.04 Å². The fourth-order valence-electron chi connectivity index (χ4n) is 2.03. The lowest BCUT2D eigenvalue weighted by Crippen LogP contribution is -2.26. The Kier molecular flexibility index (Phi) is 4.58. The highest BCUT2D eigenvalue weighted by atomic mass is 19.1. The summed E-state index contributed by atoms with van der Waals surface area (Å²) in [4.78, 5) is 12.2. The zero-order valence-corrected chi connectivity index (χ0v) is 12.4. The molecule has 0 aliphatic carbocycles. The Bertz CT molecular complexity index is 638. The van der Waals surface area contributed by atoms with Crippen molar-refractivity contribution in [3.8, 4) is 0 Å². The molecule has 0 bridgehead atoms. The maximum absolute atomic E-state index is 13.6. The Morgan fingerprint density at radius 1 is 1.14 bits per heavy atom. The molecule has 1 amide bonds. The highest BCUT2D eigenvalue weighted by Gasteiger charge is 2.12. The Balaban J connectivity index is 2.08. The summed E-state index contributed by atoms with van der Waals surface area (Å²) in [5.41, 5.74) is 2.87. The van der Waals surface area contributed by atoms with Crippen LogP contribution in [0.2, 0.25) is 0 Å². The lowest BCUT2D eigenvalue weighted by Gasteiger charge is -2.15. The highest BCUT2D eigenvalue weighted by molar-refractivity contribution is 5.94. The van der Waals surface area contributed by atoms with Crippen LogP contribution in [0.25, 0.3) is 0 Å². The van der Waals surface area contributed by atoms with Gasteiger partial charge in [-0.1, -0.05) is 12.1 Å². The molecule has 21 heavy (non-hydrogen) atoms. The molecule has 2 rings (SSSR count). The summed E-state index contributed by atoms with van der Waals surface area (Å²) in [5, 5.41) is 5.87. The van der Waals surface area contributed by atoms with Gasteiger partial charge in [0.25, 0.3) is 5.91 Å². The van der Waals surface area contributed by atoms with Crippen molar-refractivity contribution in [1.29, 1.82) is 0 Å². The van der Waals surface area contributed by atoms with E-state index in [4.69, 9.17) is 0 Å². The van der Waals surface area contributed by atoms with Gasteiger partial charge in [-0.15, -0.1) is 0 Å². The summed E-state index contributed by atoms with van der Waals surface area (Å²) in [5.74, 6) is -0.432. The molecule has 110 valence electrons. The number of halogens is 1. The minimum absolute atomic E-state index is 0.175. The topological polar surface area (TPSA) is 41.1 Å². The molecule has 2 aromatic carbocycles. The molecule has 0 fully saturated rings. The Hall–Kier alpha value is -2.36. The number of rotatable bonds is 4. The number of anilines is 1. The van der Waals surface area contributed by atoms with Crippen LogP contribution < -0.4 is 10.6 Å². The van der Waals surface area contributed by atoms with Crippen LogP contribution in [0.15, 0.2) is 42.5 Å². The van der Waals surface area contributed by atoms with Gasteiger partial charge in [-0.3, -0.25) is 4.79 Å². The monoisotopic (exact) mass is 286 g/mol. The Morgan fingerprint density at radius 2 is 1.81 bits per heavy atom. The lowest BCUT2D eigenvalue weighted by molar-refractivity contribution is 0.0940. The SMILES string of the molecule is CNc1ccc(C(=O)NC(C)c2ccc(C)c(F)c2)cc1. The van der Waals surface area contributed by atoms with Gasteiger partial charge >= 0.3 is 0 Å². The molecule has 0 heterocycles. The third-order valence-electron chi connectivity index (χ3n) is 3.48. The second-order valence-electron chi connectivity index (χ2n) is 5.03. The van der Waals surface area contributed by atoms with Crippen LogP contribution in [-0.2, 0) is 0 Å². The number of carbonyl (C=O) groups excluding carboxylic acids is 1. The third kappa shape index (κ3) is 3.60. The second-order valence-corrected chi connectivity index (χ2v) is 5.03. The molecule has 0 saturated carbocycles. The summed E-state index contributed by atoms with van der Waals surface area (Å²) >= 11 is 0. The largest absolute Gasteiger partial charge is 0.388 e. The van der Waals surface area contributed by atoms with Crippen LogP contribution in [-0.4, -0.2) is 13.0 Å². The Labute approximate surface area is 124 Å². The number of hydrogen-bond donors (Lipinski definition) is 2. The maximum atomic E-state index is 13.6. The van der Waals surface area contributed by atoms with E-state index in [2.05, 4.69) is 10.6 Å². The minimum Gasteiger partial charge on any atom is -0.388 e. The fourth-order valence-corrected chi connectivity index (χ4v) is 2.03. The molecule has 0 spiro atoms. The smallest absolute Gasteiger partial charge is 0.251 e. The number of amides is 1. The van der Waals surface area contributed by atoms with Gasteiger partial charge in [0.1, 0.15) is 5.82 Å². The van der Waals surface area contributed by atoms with Gasteiger partial charge < -0.3 is 10.6 Å². The van der Waals surface area contributed by atoms with Gasteiger partial charge in [-0.05, 0) is 55.3 Å². The van der Waals surface area contributed by atoms with Crippen molar-refractivity contribution in [3.63, 3.8) is 0 Å². The van der Waals surface area contributed by atoms with Gasteiger partial charge in [-0.2, -0.15) is 0 Å². The molecular weight excluding hydrogens is 267 g/mol.